The molecule has 0 aliphatic carbocycles. The summed E-state index contributed by atoms with van der Waals surface area (Å²) in [5.74, 6) is -0.466. The topological polar surface area (TPSA) is 78.5 Å². The molecule has 0 spiro atoms. The minimum Gasteiger partial charge on any atom is -0.338 e. The highest BCUT2D eigenvalue weighted by molar-refractivity contribution is 9.10. The second-order valence-corrected chi connectivity index (χ2v) is 8.02. The summed E-state index contributed by atoms with van der Waals surface area (Å²) < 4.78 is 38.8. The Morgan fingerprint density at radius 2 is 1.83 bits per heavy atom. The van der Waals surface area contributed by atoms with Crippen LogP contribution in [0.1, 0.15) is 19.4 Å². The number of nitrogens with zero attached hydrogens (tertiary/aromatic N) is 1. The summed E-state index contributed by atoms with van der Waals surface area (Å²) in [5, 5.41) is 5.16. The van der Waals surface area contributed by atoms with E-state index < -0.39 is 16.1 Å². The Balaban J connectivity index is 2.30. The molecule has 6 nitrogen and oxygen atoms in total. The Morgan fingerprint density at radius 1 is 1.21 bits per heavy atom. The van der Waals surface area contributed by atoms with Gasteiger partial charge in [0.05, 0.1) is 10.2 Å². The molecule has 0 bridgehead atoms. The van der Waals surface area contributed by atoms with Crippen molar-refractivity contribution in [1.82, 2.24) is 14.9 Å². The van der Waals surface area contributed by atoms with Crippen LogP contribution in [0.25, 0.3) is 0 Å². The van der Waals surface area contributed by atoms with Crippen LogP contribution in [0.3, 0.4) is 0 Å². The summed E-state index contributed by atoms with van der Waals surface area (Å²) in [7, 11) is -3.34. The van der Waals surface area contributed by atoms with Crippen molar-refractivity contribution in [3.63, 3.8) is 0 Å². The fourth-order valence-electron chi connectivity index (χ4n) is 2.12. The van der Waals surface area contributed by atoms with Gasteiger partial charge in [-0.3, -0.25) is 0 Å². The molecule has 2 N–H and O–H groups in total. The first-order valence-corrected chi connectivity index (χ1v) is 10.1. The molecule has 1 aromatic carbocycles. The molecule has 1 aromatic rings. The number of nitrogens with one attached hydrogen (secondary N) is 2. The molecular weight excluding hydrogens is 401 g/mol. The average molecular weight is 424 g/mol. The van der Waals surface area contributed by atoms with Crippen LogP contribution in [0, 0.1) is 5.82 Å². The molecule has 0 saturated heterocycles. The predicted octanol–water partition coefficient (Wildman–Crippen LogP) is 2.10. The lowest BCUT2D eigenvalue weighted by molar-refractivity contribution is 0.241. The van der Waals surface area contributed by atoms with Crippen molar-refractivity contribution in [3.05, 3.63) is 34.1 Å². The number of carbonyl (C=O) groups excluding carboxylic acids is 1. The molecule has 0 heterocycles. The fourth-order valence-corrected chi connectivity index (χ4v) is 3.95. The van der Waals surface area contributed by atoms with Crippen molar-refractivity contribution in [2.45, 2.75) is 20.3 Å². The van der Waals surface area contributed by atoms with Crippen LogP contribution in [0.2, 0.25) is 0 Å². The molecule has 0 saturated carbocycles. The maximum absolute atomic E-state index is 13.1. The maximum Gasteiger partial charge on any atom is 0.314 e. The van der Waals surface area contributed by atoms with Crippen LogP contribution < -0.4 is 10.6 Å². The number of sulfonamides is 1. The van der Waals surface area contributed by atoms with Crippen molar-refractivity contribution in [2.24, 2.45) is 0 Å². The SMILES string of the molecule is CCN(CC)S(=O)(=O)CCNC(=O)NCCc1ccc(F)c(Br)c1. The molecule has 0 atom stereocenters. The monoisotopic (exact) mass is 423 g/mol. The predicted molar refractivity (Wildman–Crippen MR) is 95.9 cm³/mol. The van der Waals surface area contributed by atoms with Crippen molar-refractivity contribution in [3.8, 4) is 0 Å². The molecule has 136 valence electrons. The number of hydrogen-bond acceptors (Lipinski definition) is 3. The first-order chi connectivity index (χ1) is 11.3. The molecule has 0 aliphatic rings. The maximum atomic E-state index is 13.1. The van der Waals surface area contributed by atoms with Gasteiger partial charge in [-0.25, -0.2) is 21.9 Å². The Bertz CT molecular complexity index is 651. The van der Waals surface area contributed by atoms with Crippen LogP contribution in [0.4, 0.5) is 9.18 Å². The van der Waals surface area contributed by atoms with Crippen molar-refractivity contribution in [2.75, 3.05) is 31.9 Å². The minimum atomic E-state index is -3.34. The molecule has 0 fully saturated rings. The van der Waals surface area contributed by atoms with Gasteiger partial charge < -0.3 is 10.6 Å². The number of urea groups is 1. The molecular formula is C15H23BrFN3O3S. The highest BCUT2D eigenvalue weighted by Crippen LogP contribution is 2.16. The van der Waals surface area contributed by atoms with E-state index in [9.17, 15) is 17.6 Å². The Labute approximate surface area is 151 Å². The third-order valence-corrected chi connectivity index (χ3v) is 6.06. The molecule has 9 heteroatoms. The second-order valence-electron chi connectivity index (χ2n) is 5.08. The van der Waals surface area contributed by atoms with Crippen LogP contribution in [-0.4, -0.2) is 50.7 Å². The van der Waals surface area contributed by atoms with Crippen molar-refractivity contribution < 1.29 is 17.6 Å². The van der Waals surface area contributed by atoms with Crippen LogP contribution in [0.15, 0.2) is 22.7 Å². The molecule has 24 heavy (non-hydrogen) atoms. The van der Waals surface area contributed by atoms with E-state index in [1.165, 1.54) is 10.4 Å². The molecule has 2 amide bonds. The summed E-state index contributed by atoms with van der Waals surface area (Å²) in [5.41, 5.74) is 0.882. The molecule has 0 aromatic heterocycles. The zero-order valence-corrected chi connectivity index (χ0v) is 16.2. The van der Waals surface area contributed by atoms with Crippen molar-refractivity contribution in [1.29, 1.82) is 0 Å². The molecule has 1 rings (SSSR count). The third-order valence-electron chi connectivity index (χ3n) is 3.43. The van der Waals surface area contributed by atoms with E-state index in [0.29, 0.717) is 30.5 Å². The van der Waals surface area contributed by atoms with Gasteiger partial charge in [0.25, 0.3) is 0 Å². The Morgan fingerprint density at radius 3 is 2.42 bits per heavy atom. The van der Waals surface area contributed by atoms with Gasteiger partial charge >= 0.3 is 6.03 Å². The third kappa shape index (κ3) is 6.74. The lowest BCUT2D eigenvalue weighted by Gasteiger charge is -2.18. The van der Waals surface area contributed by atoms with E-state index in [2.05, 4.69) is 26.6 Å². The number of amides is 2. The van der Waals surface area contributed by atoms with Crippen molar-refractivity contribution >= 4 is 32.0 Å². The number of benzene rings is 1. The molecule has 0 aliphatic heterocycles. The normalized spacial score (nSPS) is 11.5. The Hall–Kier alpha value is -1.19. The van der Waals surface area contributed by atoms with Gasteiger partial charge in [-0.1, -0.05) is 19.9 Å². The van der Waals surface area contributed by atoms with Gasteiger partial charge in [0.2, 0.25) is 10.0 Å². The first kappa shape index (κ1) is 20.9. The molecule has 0 radical (unpaired) electrons. The van der Waals surface area contributed by atoms with E-state index in [1.807, 2.05) is 0 Å². The quantitative estimate of drug-likeness (QED) is 0.638. The second kappa shape index (κ2) is 9.95. The molecule has 0 unspecified atom stereocenters. The zero-order chi connectivity index (χ0) is 18.2. The van der Waals surface area contributed by atoms with E-state index in [1.54, 1.807) is 26.0 Å². The standard InChI is InChI=1S/C15H23BrFN3O3S/c1-3-20(4-2)24(22,23)10-9-19-15(21)18-8-7-12-5-6-14(17)13(16)11-12/h5-6,11H,3-4,7-10H2,1-2H3,(H2,18,19,21). The fraction of sp³-hybridized carbons (Fsp3) is 0.533. The van der Waals surface area contributed by atoms with Gasteiger partial charge in [-0.15, -0.1) is 0 Å². The summed E-state index contributed by atoms with van der Waals surface area (Å²) in [6.45, 7) is 4.79. The highest BCUT2D eigenvalue weighted by atomic mass is 79.9. The number of carbonyl (C=O) groups is 1. The number of rotatable bonds is 9. The summed E-state index contributed by atoms with van der Waals surface area (Å²) >= 11 is 3.11. The van der Waals surface area contributed by atoms with Gasteiger partial charge in [0.15, 0.2) is 0 Å². The lowest BCUT2D eigenvalue weighted by Crippen LogP contribution is -2.41. The van der Waals surface area contributed by atoms with Gasteiger partial charge in [-0.2, -0.15) is 0 Å². The lowest BCUT2D eigenvalue weighted by atomic mass is 10.1. The van der Waals surface area contributed by atoms with E-state index in [-0.39, 0.29) is 18.1 Å². The van der Waals surface area contributed by atoms with Crippen LogP contribution >= 0.6 is 15.9 Å². The largest absolute Gasteiger partial charge is 0.338 e. The minimum absolute atomic E-state index is 0.0484. The van der Waals surface area contributed by atoms with Gasteiger partial charge in [-0.05, 0) is 40.0 Å². The highest BCUT2D eigenvalue weighted by Gasteiger charge is 2.18. The van der Waals surface area contributed by atoms with Crippen LogP contribution in [-0.2, 0) is 16.4 Å². The number of halogens is 2. The average Bonchev–Trinajstić information content (AvgIpc) is 2.51. The van der Waals surface area contributed by atoms with E-state index >= 15 is 0 Å². The van der Waals surface area contributed by atoms with E-state index in [0.717, 1.165) is 5.56 Å². The summed E-state index contributed by atoms with van der Waals surface area (Å²) in [6, 6.07) is 4.24. The Kier molecular flexibility index (Phi) is 8.65. The summed E-state index contributed by atoms with van der Waals surface area (Å²) in [6.07, 6.45) is 0.546. The number of hydrogen-bond donors (Lipinski definition) is 2. The smallest absolute Gasteiger partial charge is 0.314 e. The zero-order valence-electron chi connectivity index (χ0n) is 13.8. The van der Waals surface area contributed by atoms with E-state index in [4.69, 9.17) is 0 Å². The van der Waals surface area contributed by atoms with Crippen LogP contribution in [0.5, 0.6) is 0 Å². The first-order valence-electron chi connectivity index (χ1n) is 7.73. The van der Waals surface area contributed by atoms with Gasteiger partial charge in [0, 0.05) is 26.2 Å². The van der Waals surface area contributed by atoms with Gasteiger partial charge in [0.1, 0.15) is 5.82 Å². The summed E-state index contributed by atoms with van der Waals surface area (Å²) in [4.78, 5) is 11.6.